The van der Waals surface area contributed by atoms with Crippen LogP contribution in [0.5, 0.6) is 0 Å². The lowest BCUT2D eigenvalue weighted by Crippen LogP contribution is -2.62. The van der Waals surface area contributed by atoms with Crippen molar-refractivity contribution in [2.24, 2.45) is 0 Å². The molecular formula is C27H30FN6O4. The Kier molecular flexibility index (Phi) is 7.34. The van der Waals surface area contributed by atoms with Crippen molar-refractivity contribution in [1.29, 1.82) is 0 Å². The van der Waals surface area contributed by atoms with Gasteiger partial charge in [-0.2, -0.15) is 4.98 Å². The molecule has 3 aromatic rings. The second-order valence-electron chi connectivity index (χ2n) is 10.6. The molecule has 11 heteroatoms. The van der Waals surface area contributed by atoms with E-state index in [1.165, 1.54) is 12.1 Å². The zero-order valence-corrected chi connectivity index (χ0v) is 21.6. The van der Waals surface area contributed by atoms with Crippen molar-refractivity contribution >= 4 is 35.0 Å². The third kappa shape index (κ3) is 6.06. The Morgan fingerprint density at radius 2 is 1.45 bits per heavy atom. The molecule has 10 nitrogen and oxygen atoms in total. The van der Waals surface area contributed by atoms with Crippen LogP contribution in [0.4, 0.5) is 27.5 Å². The fraction of sp³-hybridized carbons (Fsp3) is 0.333. The summed E-state index contributed by atoms with van der Waals surface area (Å²) in [5, 5.41) is 31.5. The van der Waals surface area contributed by atoms with Crippen LogP contribution in [0.25, 0.3) is 0 Å². The minimum absolute atomic E-state index is 0.0734. The number of carbonyl (C=O) groups is 2. The summed E-state index contributed by atoms with van der Waals surface area (Å²) in [4.78, 5) is 32.0. The van der Waals surface area contributed by atoms with E-state index in [1.54, 1.807) is 36.4 Å². The van der Waals surface area contributed by atoms with Gasteiger partial charge in [-0.05, 0) is 89.1 Å². The molecule has 1 fully saturated rings. The number of aromatic carboxylic acids is 1. The van der Waals surface area contributed by atoms with Crippen LogP contribution in [0.3, 0.4) is 0 Å². The van der Waals surface area contributed by atoms with Gasteiger partial charge in [-0.25, -0.2) is 14.2 Å². The minimum atomic E-state index is -1.04. The van der Waals surface area contributed by atoms with Crippen molar-refractivity contribution in [3.05, 3.63) is 71.7 Å². The Balaban J connectivity index is 1.40. The molecule has 0 aliphatic carbocycles. The number of anilines is 4. The highest BCUT2D eigenvalue weighted by Gasteiger charge is 2.46. The summed E-state index contributed by atoms with van der Waals surface area (Å²) in [6.07, 6.45) is 2.10. The molecule has 2 aromatic carbocycles. The maximum atomic E-state index is 14.4. The fourth-order valence-corrected chi connectivity index (χ4v) is 4.82. The average Bonchev–Trinajstić information content (AvgIpc) is 2.85. The second-order valence-corrected chi connectivity index (χ2v) is 10.6. The van der Waals surface area contributed by atoms with E-state index in [1.807, 2.05) is 27.7 Å². The molecule has 0 saturated carbocycles. The lowest BCUT2D eigenvalue weighted by molar-refractivity contribution is -0.289. The van der Waals surface area contributed by atoms with E-state index in [0.29, 0.717) is 29.8 Å². The van der Waals surface area contributed by atoms with Crippen molar-refractivity contribution in [3.8, 4) is 0 Å². The second kappa shape index (κ2) is 10.3. The molecule has 1 aliphatic rings. The molecule has 2 heterocycles. The van der Waals surface area contributed by atoms with Gasteiger partial charge in [-0.3, -0.25) is 4.79 Å². The molecule has 1 radical (unpaired) electrons. The van der Waals surface area contributed by atoms with Gasteiger partial charge in [0.05, 0.1) is 11.8 Å². The standard InChI is InChI=1S/C27H30FN6O4/c1-26(2)13-20(14-27(3,4)34(26)38)31-23(35)16-5-9-18(10-6-16)30-22-21(28)15-29-25(33-22)32-19-11-7-17(8-12-19)24(36)37/h5-12,15,20H,13-14H2,1-4H3,(H,31,35)(H,36,37)(H2,29,30,32,33). The summed E-state index contributed by atoms with van der Waals surface area (Å²) >= 11 is 0. The number of hydroxylamine groups is 2. The van der Waals surface area contributed by atoms with Crippen molar-refractivity contribution < 1.29 is 24.3 Å². The van der Waals surface area contributed by atoms with Gasteiger partial charge in [-0.15, -0.1) is 10.3 Å². The van der Waals surface area contributed by atoms with Crippen LogP contribution in [-0.2, 0) is 5.21 Å². The third-order valence-electron chi connectivity index (χ3n) is 6.47. The van der Waals surface area contributed by atoms with Crippen molar-refractivity contribution in [1.82, 2.24) is 20.3 Å². The van der Waals surface area contributed by atoms with Crippen LogP contribution < -0.4 is 16.0 Å². The number of nitrogens with one attached hydrogen (secondary N) is 3. The summed E-state index contributed by atoms with van der Waals surface area (Å²) in [7, 11) is 0. The molecule has 4 rings (SSSR count). The Labute approximate surface area is 219 Å². The monoisotopic (exact) mass is 521 g/mol. The number of hydrogen-bond donors (Lipinski definition) is 4. The number of benzene rings is 2. The van der Waals surface area contributed by atoms with Gasteiger partial charge < -0.3 is 21.1 Å². The van der Waals surface area contributed by atoms with Gasteiger partial charge >= 0.3 is 5.97 Å². The van der Waals surface area contributed by atoms with Crippen LogP contribution in [-0.4, -0.2) is 49.1 Å². The van der Waals surface area contributed by atoms with Crippen LogP contribution >= 0.6 is 0 Å². The van der Waals surface area contributed by atoms with Gasteiger partial charge in [0.15, 0.2) is 11.6 Å². The molecule has 4 N–H and O–H groups in total. The van der Waals surface area contributed by atoms with Gasteiger partial charge in [-0.1, -0.05) is 0 Å². The quantitative estimate of drug-likeness (QED) is 0.344. The molecule has 1 saturated heterocycles. The summed E-state index contributed by atoms with van der Waals surface area (Å²) in [5.41, 5.74) is 0.435. The molecule has 0 atom stereocenters. The number of rotatable bonds is 7. The number of nitrogens with zero attached hydrogens (tertiary/aromatic N) is 3. The zero-order valence-electron chi connectivity index (χ0n) is 21.6. The van der Waals surface area contributed by atoms with E-state index in [2.05, 4.69) is 25.9 Å². The van der Waals surface area contributed by atoms with E-state index in [9.17, 15) is 19.2 Å². The number of halogens is 1. The Hall–Kier alpha value is -4.09. The van der Waals surface area contributed by atoms with Crippen LogP contribution in [0, 0.1) is 5.82 Å². The number of carboxylic acid groups (broad SMARTS) is 1. The highest BCUT2D eigenvalue weighted by molar-refractivity contribution is 5.94. The SMILES string of the molecule is CC1(C)CC(NC(=O)c2ccc(Nc3nc(Nc4ccc(C(=O)O)cc4)ncc3F)cc2)CC(C)(C)N1[O]. The molecule has 38 heavy (non-hydrogen) atoms. The molecular weight excluding hydrogens is 491 g/mol. The van der Waals surface area contributed by atoms with Gasteiger partial charge in [0, 0.05) is 34.1 Å². The van der Waals surface area contributed by atoms with E-state index >= 15 is 0 Å². The fourth-order valence-electron chi connectivity index (χ4n) is 4.82. The number of carbonyl (C=O) groups excluding carboxylic acids is 1. The molecule has 0 unspecified atom stereocenters. The first kappa shape index (κ1) is 27.0. The minimum Gasteiger partial charge on any atom is -0.478 e. The third-order valence-corrected chi connectivity index (χ3v) is 6.47. The summed E-state index contributed by atoms with van der Waals surface area (Å²) in [5.74, 6) is -1.92. The topological polar surface area (TPSA) is 139 Å². The number of aromatic nitrogens is 2. The Morgan fingerprint density at radius 1 is 0.921 bits per heavy atom. The Morgan fingerprint density at radius 3 is 2.00 bits per heavy atom. The lowest BCUT2D eigenvalue weighted by atomic mass is 9.79. The van der Waals surface area contributed by atoms with Crippen molar-refractivity contribution in [2.45, 2.75) is 57.7 Å². The van der Waals surface area contributed by atoms with Crippen molar-refractivity contribution in [2.75, 3.05) is 10.6 Å². The molecule has 0 bridgehead atoms. The normalized spacial score (nSPS) is 17.0. The van der Waals surface area contributed by atoms with E-state index < -0.39 is 22.9 Å². The maximum absolute atomic E-state index is 14.4. The average molecular weight is 522 g/mol. The van der Waals surface area contributed by atoms with Gasteiger partial charge in [0.1, 0.15) is 0 Å². The number of carboxylic acids is 1. The first-order valence-electron chi connectivity index (χ1n) is 12.1. The predicted octanol–water partition coefficient (Wildman–Crippen LogP) is 4.90. The number of amides is 1. The highest BCUT2D eigenvalue weighted by Crippen LogP contribution is 2.37. The molecule has 1 amide bonds. The number of piperidine rings is 1. The summed E-state index contributed by atoms with van der Waals surface area (Å²) in [6, 6.07) is 12.4. The summed E-state index contributed by atoms with van der Waals surface area (Å²) in [6.45, 7) is 7.51. The highest BCUT2D eigenvalue weighted by atomic mass is 19.1. The van der Waals surface area contributed by atoms with Crippen LogP contribution in [0.2, 0.25) is 0 Å². The van der Waals surface area contributed by atoms with Gasteiger partial charge in [0.25, 0.3) is 5.91 Å². The first-order chi connectivity index (χ1) is 17.8. The predicted molar refractivity (Wildman–Crippen MR) is 140 cm³/mol. The Bertz CT molecular complexity index is 1310. The van der Waals surface area contributed by atoms with Crippen molar-refractivity contribution in [3.63, 3.8) is 0 Å². The zero-order chi connectivity index (χ0) is 27.7. The van der Waals surface area contributed by atoms with E-state index in [4.69, 9.17) is 5.11 Å². The van der Waals surface area contributed by atoms with Crippen LogP contribution in [0.1, 0.15) is 61.3 Å². The molecule has 0 spiro atoms. The van der Waals surface area contributed by atoms with E-state index in [0.717, 1.165) is 11.3 Å². The molecule has 1 aromatic heterocycles. The molecule has 199 valence electrons. The molecule has 1 aliphatic heterocycles. The maximum Gasteiger partial charge on any atom is 0.335 e. The van der Waals surface area contributed by atoms with E-state index in [-0.39, 0.29) is 29.3 Å². The van der Waals surface area contributed by atoms with Gasteiger partial charge in [0.2, 0.25) is 5.95 Å². The van der Waals surface area contributed by atoms with Crippen LogP contribution in [0.15, 0.2) is 54.7 Å². The first-order valence-corrected chi connectivity index (χ1v) is 12.1. The number of hydrogen-bond acceptors (Lipinski definition) is 7. The lowest BCUT2D eigenvalue weighted by Gasteiger charge is -2.50. The smallest absolute Gasteiger partial charge is 0.335 e. The summed E-state index contributed by atoms with van der Waals surface area (Å²) < 4.78 is 14.4. The largest absolute Gasteiger partial charge is 0.478 e.